The molecule has 7 atom stereocenters. The molecule has 0 unspecified atom stereocenters. The van der Waals surface area contributed by atoms with Crippen molar-refractivity contribution in [2.45, 2.75) is 101 Å². The summed E-state index contributed by atoms with van der Waals surface area (Å²) in [6.07, 6.45) is -5.53. The number of hydrogen-bond donors (Lipinski definition) is 12. The van der Waals surface area contributed by atoms with Gasteiger partial charge in [0, 0.05) is 43.0 Å². The number of ether oxygens (including phenoxy) is 1. The van der Waals surface area contributed by atoms with E-state index in [0.29, 0.717) is 29.6 Å². The molecule has 26 heteroatoms. The van der Waals surface area contributed by atoms with Gasteiger partial charge in [-0.05, 0) is 45.1 Å². The van der Waals surface area contributed by atoms with Crippen LogP contribution in [-0.2, 0) is 46.3 Å². The zero-order valence-corrected chi connectivity index (χ0v) is 39.2. The van der Waals surface area contributed by atoms with Crippen LogP contribution in [0.2, 0.25) is 0 Å². The number of aliphatic hydroxyl groups excluding tert-OH is 5. The Morgan fingerprint density at radius 1 is 0.838 bits per heavy atom. The zero-order chi connectivity index (χ0) is 50.7. The summed E-state index contributed by atoms with van der Waals surface area (Å²) < 4.78 is 4.05. The standard InChI is InChI=1S/C42H59N9O15S2/c1-21(4-12-29(56)45-18-27(54)33(59)34(60)28(55)20-52)38(61)49-35(40(64)65)42(2,3)68-67-15-14-66-31(58)19-46-30(57)13-10-24(39(62)63)16-26(53)23-8-5-22(6-9-23)7-11-25-17-47-37-32(48-25)36(43)50-41(44)51-37/h5-6,8-9,17,21,24,27-28,33-35,52,54-55,59-60H,4,7,10-16,18-20H2,1-3H3,(H,45,56)(H,46,57)(H,49,61)(H,62,63)(H,64,65)(H4,43,44,47,50,51)/t21-,24+,27-,28+,33+,34+,35-/m0/s1. The van der Waals surface area contributed by atoms with Crippen molar-refractivity contribution in [3.05, 3.63) is 47.3 Å². The SMILES string of the molecule is C[C@@H](CCC(=O)NC[C@H](O)[C@@H](O)[C@H](O)[C@H](O)CO)C(=O)N[C@@H](C(=O)O)C(C)(C)SSCCOC(=O)CNC(=O)CC[C@H](CC(=O)c1ccc(CCc2cnc3nc(N)nc(N)c3n2)cc1)C(=O)O. The number of nitrogens with zero attached hydrogens (tertiary/aromatic N) is 4. The number of hydrogen-bond acceptors (Lipinski definition) is 21. The van der Waals surface area contributed by atoms with E-state index in [2.05, 4.69) is 35.9 Å². The van der Waals surface area contributed by atoms with Gasteiger partial charge >= 0.3 is 17.9 Å². The van der Waals surface area contributed by atoms with E-state index in [4.69, 9.17) is 21.3 Å². The van der Waals surface area contributed by atoms with Crippen LogP contribution in [0.25, 0.3) is 11.2 Å². The number of carbonyl (C=O) groups excluding carboxylic acids is 5. The fraction of sp³-hybridized carbons (Fsp3) is 0.548. The van der Waals surface area contributed by atoms with Crippen molar-refractivity contribution >= 4 is 85.9 Å². The first-order valence-corrected chi connectivity index (χ1v) is 23.6. The van der Waals surface area contributed by atoms with Gasteiger partial charge in [0.25, 0.3) is 0 Å². The Labute approximate surface area is 398 Å². The number of fused-ring (bicyclic) bond motifs is 1. The molecular weight excluding hydrogens is 935 g/mol. The van der Waals surface area contributed by atoms with Crippen LogP contribution in [0.4, 0.5) is 11.8 Å². The number of nitrogens with one attached hydrogen (secondary N) is 3. The molecular formula is C42H59N9O15S2. The van der Waals surface area contributed by atoms with Crippen LogP contribution < -0.4 is 27.4 Å². The number of aliphatic carboxylic acids is 2. The third-order valence-corrected chi connectivity index (χ3v) is 13.7. The molecule has 0 bridgehead atoms. The van der Waals surface area contributed by atoms with Gasteiger partial charge in [0.15, 0.2) is 22.8 Å². The number of carboxylic acid groups (broad SMARTS) is 2. The third kappa shape index (κ3) is 18.4. The molecule has 3 aromatic rings. The smallest absolute Gasteiger partial charge is 0.327 e. The molecule has 68 heavy (non-hydrogen) atoms. The minimum absolute atomic E-state index is 0.00811. The van der Waals surface area contributed by atoms with Gasteiger partial charge in [0.2, 0.25) is 23.7 Å². The number of carboxylic acids is 2. The molecule has 0 aliphatic heterocycles. The highest BCUT2D eigenvalue weighted by Gasteiger charge is 2.38. The van der Waals surface area contributed by atoms with Crippen molar-refractivity contribution in [2.24, 2.45) is 11.8 Å². The first-order valence-electron chi connectivity index (χ1n) is 21.3. The summed E-state index contributed by atoms with van der Waals surface area (Å²) in [6.45, 7) is 2.66. The number of benzene rings is 1. The van der Waals surface area contributed by atoms with Gasteiger partial charge in [-0.15, -0.1) is 0 Å². The minimum atomic E-state index is -1.87. The number of aromatic nitrogens is 4. The largest absolute Gasteiger partial charge is 0.481 e. The number of rotatable bonds is 30. The first-order chi connectivity index (χ1) is 32.0. The Kier molecular flexibility index (Phi) is 22.7. The summed E-state index contributed by atoms with van der Waals surface area (Å²) in [5.74, 6) is -7.36. The summed E-state index contributed by atoms with van der Waals surface area (Å²) in [5.41, 5.74) is 13.9. The van der Waals surface area contributed by atoms with Crippen LogP contribution in [-0.4, -0.2) is 164 Å². The van der Waals surface area contributed by atoms with Crippen molar-refractivity contribution in [2.75, 3.05) is 43.5 Å². The van der Waals surface area contributed by atoms with Crippen molar-refractivity contribution in [3.63, 3.8) is 0 Å². The summed E-state index contributed by atoms with van der Waals surface area (Å²) in [6, 6.07) is 5.31. The predicted molar refractivity (Wildman–Crippen MR) is 247 cm³/mol. The lowest BCUT2D eigenvalue weighted by atomic mass is 9.93. The lowest BCUT2D eigenvalue weighted by Crippen LogP contribution is -2.53. The summed E-state index contributed by atoms with van der Waals surface area (Å²) >= 11 is 0. The van der Waals surface area contributed by atoms with Crippen LogP contribution >= 0.6 is 21.6 Å². The number of carbonyl (C=O) groups is 7. The number of nitrogen functional groups attached to an aromatic ring is 2. The number of aliphatic hydroxyl groups is 5. The summed E-state index contributed by atoms with van der Waals surface area (Å²) in [5, 5.41) is 74.6. The Morgan fingerprint density at radius 3 is 2.13 bits per heavy atom. The molecule has 2 aromatic heterocycles. The second kappa shape index (κ2) is 27.3. The monoisotopic (exact) mass is 993 g/mol. The Bertz CT molecular complexity index is 2220. The molecule has 0 aliphatic carbocycles. The molecule has 374 valence electrons. The molecule has 3 amide bonds. The van der Waals surface area contributed by atoms with E-state index in [1.165, 1.54) is 6.92 Å². The average Bonchev–Trinajstić information content (AvgIpc) is 3.30. The maximum atomic E-state index is 13.0. The Balaban J connectivity index is 1.33. The van der Waals surface area contributed by atoms with Crippen molar-refractivity contribution < 1.29 is 74.0 Å². The highest BCUT2D eigenvalue weighted by molar-refractivity contribution is 8.77. The first kappa shape index (κ1) is 56.6. The Morgan fingerprint density at radius 2 is 1.49 bits per heavy atom. The van der Waals surface area contributed by atoms with E-state index in [-0.39, 0.29) is 61.9 Å². The highest BCUT2D eigenvalue weighted by Crippen LogP contribution is 2.38. The van der Waals surface area contributed by atoms with Crippen LogP contribution in [0.3, 0.4) is 0 Å². The van der Waals surface area contributed by atoms with Crippen LogP contribution in [0.15, 0.2) is 30.5 Å². The van der Waals surface area contributed by atoms with E-state index in [0.717, 1.165) is 27.2 Å². The molecule has 0 spiro atoms. The molecule has 2 heterocycles. The maximum absolute atomic E-state index is 13.0. The van der Waals surface area contributed by atoms with Crippen LogP contribution in [0, 0.1) is 11.8 Å². The predicted octanol–water partition coefficient (Wildman–Crippen LogP) is -1.22. The van der Waals surface area contributed by atoms with E-state index in [1.807, 2.05) is 0 Å². The highest BCUT2D eigenvalue weighted by atomic mass is 33.1. The number of aryl methyl sites for hydroxylation is 2. The van der Waals surface area contributed by atoms with Gasteiger partial charge in [-0.1, -0.05) is 52.8 Å². The molecule has 0 aliphatic rings. The van der Waals surface area contributed by atoms with E-state index in [1.54, 1.807) is 44.3 Å². The molecule has 3 rings (SSSR count). The van der Waals surface area contributed by atoms with Crippen molar-refractivity contribution in [1.82, 2.24) is 35.9 Å². The zero-order valence-electron chi connectivity index (χ0n) is 37.6. The second-order valence-electron chi connectivity index (χ2n) is 16.2. The molecule has 0 saturated heterocycles. The fourth-order valence-electron chi connectivity index (χ4n) is 6.22. The minimum Gasteiger partial charge on any atom is -0.481 e. The van der Waals surface area contributed by atoms with Gasteiger partial charge < -0.3 is 67.9 Å². The molecule has 0 fully saturated rings. The average molecular weight is 994 g/mol. The second-order valence-corrected chi connectivity index (χ2v) is 19.3. The quantitative estimate of drug-likeness (QED) is 0.0161. The number of amides is 3. The molecule has 0 radical (unpaired) electrons. The van der Waals surface area contributed by atoms with Gasteiger partial charge in [0.05, 0.1) is 35.3 Å². The van der Waals surface area contributed by atoms with Crippen molar-refractivity contribution in [3.8, 4) is 0 Å². The van der Waals surface area contributed by atoms with Crippen molar-refractivity contribution in [1.29, 1.82) is 0 Å². The molecule has 1 aromatic carbocycles. The number of ketones is 1. The van der Waals surface area contributed by atoms with Gasteiger partial charge in [-0.2, -0.15) is 9.97 Å². The van der Waals surface area contributed by atoms with Gasteiger partial charge in [0.1, 0.15) is 37.5 Å². The van der Waals surface area contributed by atoms with Gasteiger partial charge in [-0.25, -0.2) is 14.8 Å². The topological polar surface area (TPSA) is 410 Å². The van der Waals surface area contributed by atoms with E-state index >= 15 is 0 Å². The molecule has 0 saturated carbocycles. The number of nitrogens with two attached hydrogens (primary N) is 2. The summed E-state index contributed by atoms with van der Waals surface area (Å²) in [7, 11) is 2.27. The summed E-state index contributed by atoms with van der Waals surface area (Å²) in [4.78, 5) is 104. The number of anilines is 2. The third-order valence-electron chi connectivity index (χ3n) is 10.4. The number of Topliss-reactive ketones (excluding diaryl/α,β-unsaturated/α-hetero) is 1. The van der Waals surface area contributed by atoms with Gasteiger partial charge in [-0.3, -0.25) is 28.8 Å². The van der Waals surface area contributed by atoms with E-state index in [9.17, 15) is 64.2 Å². The normalized spacial score (nSPS) is 14.6. The Hall–Kier alpha value is -5.77. The van der Waals surface area contributed by atoms with E-state index < -0.39 is 108 Å². The molecule has 24 nitrogen and oxygen atoms in total. The molecule has 14 N–H and O–H groups in total. The maximum Gasteiger partial charge on any atom is 0.327 e. The van der Waals surface area contributed by atoms with Crippen LogP contribution in [0.1, 0.15) is 74.5 Å². The number of esters is 1. The lowest BCUT2D eigenvalue weighted by molar-refractivity contribution is -0.144. The fourth-order valence-corrected chi connectivity index (χ4v) is 8.67. The van der Waals surface area contributed by atoms with Crippen LogP contribution in [0.5, 0.6) is 0 Å². The lowest BCUT2D eigenvalue weighted by Gasteiger charge is -2.31.